The molecular formula is C22H24N4O3. The van der Waals surface area contributed by atoms with E-state index in [1.54, 1.807) is 42.3 Å². The van der Waals surface area contributed by atoms with Crippen LogP contribution in [0, 0.1) is 5.92 Å². The predicted octanol–water partition coefficient (Wildman–Crippen LogP) is 3.41. The zero-order valence-corrected chi connectivity index (χ0v) is 16.7. The Balaban J connectivity index is 1.66. The molecule has 1 heterocycles. The van der Waals surface area contributed by atoms with Crippen LogP contribution in [0.25, 0.3) is 5.69 Å². The van der Waals surface area contributed by atoms with E-state index in [1.165, 1.54) is 0 Å². The van der Waals surface area contributed by atoms with Crippen LogP contribution in [0.5, 0.6) is 5.75 Å². The van der Waals surface area contributed by atoms with E-state index in [2.05, 4.69) is 15.7 Å². The number of aromatic nitrogens is 2. The van der Waals surface area contributed by atoms with Gasteiger partial charge in [-0.2, -0.15) is 5.10 Å². The lowest BCUT2D eigenvalue weighted by Gasteiger charge is -2.10. The number of anilines is 1. The molecule has 0 atom stereocenters. The molecule has 3 aromatic rings. The van der Waals surface area contributed by atoms with Crippen molar-refractivity contribution >= 4 is 17.5 Å². The van der Waals surface area contributed by atoms with E-state index in [0.717, 1.165) is 11.3 Å². The van der Waals surface area contributed by atoms with Crippen LogP contribution in [0.2, 0.25) is 0 Å². The molecule has 2 N–H and O–H groups in total. The summed E-state index contributed by atoms with van der Waals surface area (Å²) in [5.41, 5.74) is 2.86. The monoisotopic (exact) mass is 392 g/mol. The summed E-state index contributed by atoms with van der Waals surface area (Å²) in [5, 5.41) is 10.0. The standard InChI is InChI=1S/C22H24N4O3/c1-15(2)21(27)23-12-16-13-24-26(14-16)18-10-8-17(9-11-18)22(28)25-19-6-4-5-7-20(19)29-3/h4-11,13-15H,12H2,1-3H3,(H,23,27)(H,25,28). The minimum absolute atomic E-state index is 0.00293. The second-order valence-electron chi connectivity index (χ2n) is 6.87. The van der Waals surface area contributed by atoms with E-state index >= 15 is 0 Å². The molecule has 7 nitrogen and oxygen atoms in total. The van der Waals surface area contributed by atoms with Gasteiger partial charge >= 0.3 is 0 Å². The lowest BCUT2D eigenvalue weighted by molar-refractivity contribution is -0.124. The molecule has 3 rings (SSSR count). The van der Waals surface area contributed by atoms with Crippen LogP contribution in [0.1, 0.15) is 29.8 Å². The second kappa shape index (κ2) is 9.05. The van der Waals surface area contributed by atoms with Crippen LogP contribution >= 0.6 is 0 Å². The molecule has 0 bridgehead atoms. The smallest absolute Gasteiger partial charge is 0.255 e. The number of methoxy groups -OCH3 is 1. The SMILES string of the molecule is COc1ccccc1NC(=O)c1ccc(-n2cc(CNC(=O)C(C)C)cn2)cc1. The summed E-state index contributed by atoms with van der Waals surface area (Å²) in [6.45, 7) is 4.13. The number of carbonyl (C=O) groups excluding carboxylic acids is 2. The average molecular weight is 392 g/mol. The average Bonchev–Trinajstić information content (AvgIpc) is 3.21. The molecule has 1 aromatic heterocycles. The minimum Gasteiger partial charge on any atom is -0.495 e. The van der Waals surface area contributed by atoms with E-state index in [9.17, 15) is 9.59 Å². The summed E-state index contributed by atoms with van der Waals surface area (Å²) < 4.78 is 6.96. The van der Waals surface area contributed by atoms with Gasteiger partial charge in [0.1, 0.15) is 5.75 Å². The Hall–Kier alpha value is -3.61. The fraction of sp³-hybridized carbons (Fsp3) is 0.227. The maximum absolute atomic E-state index is 12.5. The van der Waals surface area contributed by atoms with Crippen LogP contribution in [0.3, 0.4) is 0 Å². The van der Waals surface area contributed by atoms with Gasteiger partial charge in [-0.05, 0) is 36.4 Å². The van der Waals surface area contributed by atoms with Crippen molar-refractivity contribution in [2.24, 2.45) is 5.92 Å². The fourth-order valence-corrected chi connectivity index (χ4v) is 2.69. The van der Waals surface area contributed by atoms with Gasteiger partial charge in [0, 0.05) is 29.8 Å². The molecule has 0 aliphatic rings. The van der Waals surface area contributed by atoms with E-state index < -0.39 is 0 Å². The lowest BCUT2D eigenvalue weighted by atomic mass is 10.2. The number of ether oxygens (including phenoxy) is 1. The summed E-state index contributed by atoms with van der Waals surface area (Å²) in [7, 11) is 1.56. The predicted molar refractivity (Wildman–Crippen MR) is 111 cm³/mol. The second-order valence-corrected chi connectivity index (χ2v) is 6.87. The number of rotatable bonds is 7. The number of benzene rings is 2. The molecule has 0 fully saturated rings. The highest BCUT2D eigenvalue weighted by Gasteiger charge is 2.11. The molecule has 7 heteroatoms. The number of hydrogen-bond acceptors (Lipinski definition) is 4. The molecule has 0 saturated heterocycles. The van der Waals surface area contributed by atoms with Crippen molar-refractivity contribution in [3.8, 4) is 11.4 Å². The summed E-state index contributed by atoms with van der Waals surface area (Å²) in [6.07, 6.45) is 3.56. The van der Waals surface area contributed by atoms with Gasteiger partial charge < -0.3 is 15.4 Å². The molecule has 0 unspecified atom stereocenters. The van der Waals surface area contributed by atoms with Gasteiger partial charge in [-0.1, -0.05) is 26.0 Å². The minimum atomic E-state index is -0.224. The van der Waals surface area contributed by atoms with Crippen LogP contribution in [0.15, 0.2) is 60.9 Å². The first kappa shape index (κ1) is 20.1. The highest BCUT2D eigenvalue weighted by molar-refractivity contribution is 6.05. The summed E-state index contributed by atoms with van der Waals surface area (Å²) in [6, 6.07) is 14.4. The normalized spacial score (nSPS) is 10.6. The van der Waals surface area contributed by atoms with Gasteiger partial charge in [-0.3, -0.25) is 9.59 Å². The van der Waals surface area contributed by atoms with Gasteiger partial charge in [0.25, 0.3) is 5.91 Å². The van der Waals surface area contributed by atoms with Gasteiger partial charge in [0.15, 0.2) is 0 Å². The number of amides is 2. The molecule has 2 aromatic carbocycles. The van der Waals surface area contributed by atoms with Gasteiger partial charge in [-0.25, -0.2) is 4.68 Å². The zero-order valence-electron chi connectivity index (χ0n) is 16.7. The van der Waals surface area contributed by atoms with Gasteiger partial charge in [-0.15, -0.1) is 0 Å². The van der Waals surface area contributed by atoms with Crippen LogP contribution in [-0.4, -0.2) is 28.7 Å². The number of nitrogens with one attached hydrogen (secondary N) is 2. The highest BCUT2D eigenvalue weighted by Crippen LogP contribution is 2.23. The Bertz CT molecular complexity index is 993. The molecule has 0 aliphatic heterocycles. The molecule has 0 saturated carbocycles. The van der Waals surface area contributed by atoms with E-state index in [1.807, 2.05) is 44.3 Å². The lowest BCUT2D eigenvalue weighted by Crippen LogP contribution is -2.26. The van der Waals surface area contributed by atoms with E-state index in [0.29, 0.717) is 23.5 Å². The summed E-state index contributed by atoms with van der Waals surface area (Å²) >= 11 is 0. The van der Waals surface area contributed by atoms with Crippen molar-refractivity contribution in [2.45, 2.75) is 20.4 Å². The van der Waals surface area contributed by atoms with Crippen LogP contribution in [-0.2, 0) is 11.3 Å². The molecule has 0 radical (unpaired) electrons. The maximum atomic E-state index is 12.5. The van der Waals surface area contributed by atoms with Crippen LogP contribution < -0.4 is 15.4 Å². The molecule has 29 heavy (non-hydrogen) atoms. The van der Waals surface area contributed by atoms with Crippen molar-refractivity contribution in [3.63, 3.8) is 0 Å². The quantitative estimate of drug-likeness (QED) is 0.645. The Morgan fingerprint density at radius 2 is 1.83 bits per heavy atom. The number of nitrogens with zero attached hydrogens (tertiary/aromatic N) is 2. The topological polar surface area (TPSA) is 85.2 Å². The Morgan fingerprint density at radius 1 is 1.10 bits per heavy atom. The third kappa shape index (κ3) is 5.01. The molecule has 150 valence electrons. The first-order chi connectivity index (χ1) is 14.0. The third-order valence-corrected chi connectivity index (χ3v) is 4.38. The summed E-state index contributed by atoms with van der Waals surface area (Å²) in [4.78, 5) is 24.2. The van der Waals surface area contributed by atoms with Gasteiger partial charge in [0.05, 0.1) is 24.7 Å². The fourth-order valence-electron chi connectivity index (χ4n) is 2.69. The Labute approximate surface area is 169 Å². The zero-order chi connectivity index (χ0) is 20.8. The first-order valence-electron chi connectivity index (χ1n) is 9.34. The van der Waals surface area contributed by atoms with E-state index in [-0.39, 0.29) is 17.7 Å². The van der Waals surface area contributed by atoms with Gasteiger partial charge in [0.2, 0.25) is 5.91 Å². The van der Waals surface area contributed by atoms with Crippen molar-refractivity contribution in [3.05, 3.63) is 72.1 Å². The van der Waals surface area contributed by atoms with Crippen molar-refractivity contribution in [1.29, 1.82) is 0 Å². The first-order valence-corrected chi connectivity index (χ1v) is 9.34. The third-order valence-electron chi connectivity index (χ3n) is 4.38. The van der Waals surface area contributed by atoms with Crippen molar-refractivity contribution in [1.82, 2.24) is 15.1 Å². The Kier molecular flexibility index (Phi) is 6.29. The largest absolute Gasteiger partial charge is 0.495 e. The molecular weight excluding hydrogens is 368 g/mol. The molecule has 0 aliphatic carbocycles. The van der Waals surface area contributed by atoms with Crippen molar-refractivity contribution in [2.75, 3.05) is 12.4 Å². The summed E-state index contributed by atoms with van der Waals surface area (Å²) in [5.74, 6) is 0.326. The maximum Gasteiger partial charge on any atom is 0.255 e. The van der Waals surface area contributed by atoms with Crippen molar-refractivity contribution < 1.29 is 14.3 Å². The highest BCUT2D eigenvalue weighted by atomic mass is 16.5. The number of hydrogen-bond donors (Lipinski definition) is 2. The van der Waals surface area contributed by atoms with Crippen LogP contribution in [0.4, 0.5) is 5.69 Å². The number of para-hydroxylation sites is 2. The molecule has 0 spiro atoms. The number of carbonyl (C=O) groups is 2. The van der Waals surface area contributed by atoms with E-state index in [4.69, 9.17) is 4.74 Å². The Morgan fingerprint density at radius 3 is 2.52 bits per heavy atom. The molecule has 2 amide bonds.